The normalized spacial score (nSPS) is 10.6. The van der Waals surface area contributed by atoms with E-state index in [1.165, 1.54) is 11.8 Å². The lowest BCUT2D eigenvalue weighted by atomic mass is 10.1. The second-order valence-corrected chi connectivity index (χ2v) is 7.59. The Morgan fingerprint density at radius 2 is 1.62 bits per heavy atom. The van der Waals surface area contributed by atoms with Gasteiger partial charge in [-0.25, -0.2) is 0 Å². The molecule has 0 spiro atoms. The fourth-order valence-electron chi connectivity index (χ4n) is 2.81. The number of hydrogen-bond donors (Lipinski definition) is 2. The molecule has 1 heterocycles. The molecule has 0 bridgehead atoms. The summed E-state index contributed by atoms with van der Waals surface area (Å²) in [6.07, 6.45) is 0.105. The van der Waals surface area contributed by atoms with Gasteiger partial charge in [-0.05, 0) is 37.1 Å². The van der Waals surface area contributed by atoms with E-state index >= 15 is 0 Å². The van der Waals surface area contributed by atoms with Crippen LogP contribution < -0.4 is 10.6 Å². The van der Waals surface area contributed by atoms with Crippen molar-refractivity contribution in [2.24, 2.45) is 7.05 Å². The molecule has 2 aromatic carbocycles. The molecule has 7 nitrogen and oxygen atoms in total. The number of para-hydroxylation sites is 2. The van der Waals surface area contributed by atoms with Crippen LogP contribution in [0.1, 0.15) is 17.0 Å². The molecule has 3 aromatic rings. The van der Waals surface area contributed by atoms with Crippen molar-refractivity contribution in [2.75, 3.05) is 16.4 Å². The first-order chi connectivity index (χ1) is 13.9. The number of thioether (sulfide) groups is 1. The van der Waals surface area contributed by atoms with Crippen molar-refractivity contribution in [2.45, 2.75) is 25.4 Å². The molecule has 0 aliphatic carbocycles. The standard InChI is InChI=1S/C21H23N5O2S/c1-14-8-7-9-15(2)20(14)23-19(28)13-29-21-25-24-17(26(21)3)12-18(27)22-16-10-5-4-6-11-16/h4-11H,12-13H2,1-3H3,(H,22,27)(H,23,28). The molecule has 0 saturated heterocycles. The number of anilines is 2. The second-order valence-electron chi connectivity index (χ2n) is 6.65. The SMILES string of the molecule is Cc1cccc(C)c1NC(=O)CSc1nnc(CC(=O)Nc2ccccc2)n1C. The zero-order valence-corrected chi connectivity index (χ0v) is 17.4. The molecule has 150 valence electrons. The molecule has 0 atom stereocenters. The summed E-state index contributed by atoms with van der Waals surface area (Å²) in [7, 11) is 1.79. The van der Waals surface area contributed by atoms with Crippen LogP contribution in [0, 0.1) is 13.8 Å². The van der Waals surface area contributed by atoms with Gasteiger partial charge in [0.15, 0.2) is 5.16 Å². The van der Waals surface area contributed by atoms with Crippen molar-refractivity contribution in [1.29, 1.82) is 0 Å². The van der Waals surface area contributed by atoms with Crippen LogP contribution in [-0.4, -0.2) is 32.3 Å². The van der Waals surface area contributed by atoms with Crippen LogP contribution in [-0.2, 0) is 23.1 Å². The number of carbonyl (C=O) groups is 2. The number of carbonyl (C=O) groups excluding carboxylic acids is 2. The Balaban J connectivity index is 1.55. The third-order valence-electron chi connectivity index (χ3n) is 4.38. The third-order valence-corrected chi connectivity index (χ3v) is 5.40. The smallest absolute Gasteiger partial charge is 0.234 e. The molecule has 0 aliphatic rings. The monoisotopic (exact) mass is 409 g/mol. The minimum atomic E-state index is -0.170. The van der Waals surface area contributed by atoms with Crippen LogP contribution in [0.5, 0.6) is 0 Å². The van der Waals surface area contributed by atoms with Gasteiger partial charge in [-0.2, -0.15) is 0 Å². The minimum absolute atomic E-state index is 0.105. The zero-order valence-electron chi connectivity index (χ0n) is 16.6. The predicted octanol–water partition coefficient (Wildman–Crippen LogP) is 3.34. The number of nitrogens with one attached hydrogen (secondary N) is 2. The number of nitrogens with zero attached hydrogens (tertiary/aromatic N) is 3. The first-order valence-corrected chi connectivity index (χ1v) is 10.1. The largest absolute Gasteiger partial charge is 0.326 e. The van der Waals surface area contributed by atoms with E-state index in [9.17, 15) is 9.59 Å². The Kier molecular flexibility index (Phi) is 6.66. The Hall–Kier alpha value is -3.13. The van der Waals surface area contributed by atoms with Crippen LogP contribution in [0.25, 0.3) is 0 Å². The molecule has 1 aromatic heterocycles. The quantitative estimate of drug-likeness (QED) is 0.584. The highest BCUT2D eigenvalue weighted by atomic mass is 32.2. The van der Waals surface area contributed by atoms with E-state index in [0.29, 0.717) is 11.0 Å². The van der Waals surface area contributed by atoms with Gasteiger partial charge < -0.3 is 15.2 Å². The Bertz CT molecular complexity index is 997. The summed E-state index contributed by atoms with van der Waals surface area (Å²) in [5.41, 5.74) is 3.62. The Labute approximate surface area is 173 Å². The maximum Gasteiger partial charge on any atom is 0.234 e. The minimum Gasteiger partial charge on any atom is -0.326 e. The van der Waals surface area contributed by atoms with Crippen molar-refractivity contribution < 1.29 is 9.59 Å². The summed E-state index contributed by atoms with van der Waals surface area (Å²) in [4.78, 5) is 24.5. The van der Waals surface area contributed by atoms with E-state index in [1.807, 2.05) is 62.4 Å². The second kappa shape index (κ2) is 9.38. The molecule has 3 rings (SSSR count). The molecule has 2 N–H and O–H groups in total. The van der Waals surface area contributed by atoms with E-state index in [4.69, 9.17) is 0 Å². The average molecular weight is 410 g/mol. The lowest BCUT2D eigenvalue weighted by Crippen LogP contribution is -2.17. The Morgan fingerprint density at radius 3 is 2.31 bits per heavy atom. The van der Waals surface area contributed by atoms with Gasteiger partial charge in [0.2, 0.25) is 11.8 Å². The van der Waals surface area contributed by atoms with Gasteiger partial charge in [0, 0.05) is 18.4 Å². The maximum atomic E-state index is 12.3. The predicted molar refractivity (Wildman–Crippen MR) is 115 cm³/mol. The van der Waals surface area contributed by atoms with Gasteiger partial charge in [-0.1, -0.05) is 48.2 Å². The van der Waals surface area contributed by atoms with E-state index in [1.54, 1.807) is 11.6 Å². The first-order valence-electron chi connectivity index (χ1n) is 9.16. The van der Waals surface area contributed by atoms with Gasteiger partial charge in [0.25, 0.3) is 0 Å². The molecule has 2 amide bonds. The molecule has 0 saturated carbocycles. The van der Waals surface area contributed by atoms with Gasteiger partial charge in [-0.3, -0.25) is 9.59 Å². The third kappa shape index (κ3) is 5.45. The summed E-state index contributed by atoms with van der Waals surface area (Å²) in [6.45, 7) is 3.93. The summed E-state index contributed by atoms with van der Waals surface area (Å²) < 4.78 is 1.74. The van der Waals surface area contributed by atoms with Crippen LogP contribution in [0.2, 0.25) is 0 Å². The van der Waals surface area contributed by atoms with Crippen LogP contribution in [0.3, 0.4) is 0 Å². The zero-order chi connectivity index (χ0) is 20.8. The lowest BCUT2D eigenvalue weighted by molar-refractivity contribution is -0.116. The topological polar surface area (TPSA) is 88.9 Å². The van der Waals surface area contributed by atoms with E-state index in [0.717, 1.165) is 22.5 Å². The maximum absolute atomic E-state index is 12.3. The summed E-state index contributed by atoms with van der Waals surface area (Å²) in [5, 5.41) is 14.6. The molecule has 0 radical (unpaired) electrons. The van der Waals surface area contributed by atoms with Crippen LogP contribution in [0.4, 0.5) is 11.4 Å². The summed E-state index contributed by atoms with van der Waals surface area (Å²) >= 11 is 1.28. The molecular formula is C21H23N5O2S. The van der Waals surface area contributed by atoms with Crippen LogP contribution >= 0.6 is 11.8 Å². The molecular weight excluding hydrogens is 386 g/mol. The highest BCUT2D eigenvalue weighted by molar-refractivity contribution is 7.99. The first kappa shape index (κ1) is 20.6. The summed E-state index contributed by atoms with van der Waals surface area (Å²) in [5.74, 6) is 0.460. The van der Waals surface area contributed by atoms with Crippen molar-refractivity contribution in [3.63, 3.8) is 0 Å². The van der Waals surface area contributed by atoms with E-state index < -0.39 is 0 Å². The Morgan fingerprint density at radius 1 is 0.931 bits per heavy atom. The average Bonchev–Trinajstić information content (AvgIpc) is 3.03. The lowest BCUT2D eigenvalue weighted by Gasteiger charge is -2.11. The molecule has 8 heteroatoms. The van der Waals surface area contributed by atoms with Gasteiger partial charge in [-0.15, -0.1) is 10.2 Å². The molecule has 0 unspecified atom stereocenters. The fraction of sp³-hybridized carbons (Fsp3) is 0.238. The number of rotatable bonds is 7. The highest BCUT2D eigenvalue weighted by Gasteiger charge is 2.15. The molecule has 0 fully saturated rings. The number of amides is 2. The fourth-order valence-corrected chi connectivity index (χ4v) is 3.54. The van der Waals surface area contributed by atoms with Crippen molar-refractivity contribution in [1.82, 2.24) is 14.8 Å². The number of hydrogen-bond acceptors (Lipinski definition) is 5. The number of aryl methyl sites for hydroxylation is 2. The van der Waals surface area contributed by atoms with Crippen molar-refractivity contribution in [3.05, 3.63) is 65.5 Å². The highest BCUT2D eigenvalue weighted by Crippen LogP contribution is 2.21. The van der Waals surface area contributed by atoms with Crippen molar-refractivity contribution in [3.8, 4) is 0 Å². The number of aromatic nitrogens is 3. The van der Waals surface area contributed by atoms with E-state index in [2.05, 4.69) is 20.8 Å². The van der Waals surface area contributed by atoms with E-state index in [-0.39, 0.29) is 24.0 Å². The number of benzene rings is 2. The van der Waals surface area contributed by atoms with Crippen LogP contribution in [0.15, 0.2) is 53.7 Å². The van der Waals surface area contributed by atoms with Crippen molar-refractivity contribution >= 4 is 35.0 Å². The summed E-state index contributed by atoms with van der Waals surface area (Å²) in [6, 6.07) is 15.1. The van der Waals surface area contributed by atoms with Gasteiger partial charge in [0.1, 0.15) is 5.82 Å². The van der Waals surface area contributed by atoms with Gasteiger partial charge >= 0.3 is 0 Å². The molecule has 29 heavy (non-hydrogen) atoms. The van der Waals surface area contributed by atoms with Gasteiger partial charge in [0.05, 0.1) is 12.2 Å². The molecule has 0 aliphatic heterocycles.